The smallest absolute Gasteiger partial charge is 0.338 e. The van der Waals surface area contributed by atoms with Gasteiger partial charge in [0.15, 0.2) is 6.61 Å². The van der Waals surface area contributed by atoms with Crippen molar-refractivity contribution in [1.82, 2.24) is 4.98 Å². The number of hydrogen-bond acceptors (Lipinski definition) is 10. The van der Waals surface area contributed by atoms with Crippen LogP contribution in [0, 0.1) is 17.0 Å². The Hall–Kier alpha value is -4.84. The Morgan fingerprint density at radius 3 is 2.62 bits per heavy atom. The molecule has 4 aromatic rings. The molecule has 188 valence electrons. The number of pyridine rings is 1. The van der Waals surface area contributed by atoms with Gasteiger partial charge in [0.25, 0.3) is 11.6 Å². The van der Waals surface area contributed by atoms with Crippen LogP contribution in [0.3, 0.4) is 0 Å². The van der Waals surface area contributed by atoms with Gasteiger partial charge in [0.05, 0.1) is 29.0 Å². The summed E-state index contributed by atoms with van der Waals surface area (Å²) in [5, 5.41) is 14.3. The van der Waals surface area contributed by atoms with Crippen molar-refractivity contribution in [1.29, 1.82) is 0 Å². The average Bonchev–Trinajstić information content (AvgIpc) is 3.22. The quantitative estimate of drug-likeness (QED) is 0.148. The molecule has 4 rings (SSSR count). The molecule has 0 saturated carbocycles. The second kappa shape index (κ2) is 10.4. The molecule has 3 N–H and O–H groups in total. The van der Waals surface area contributed by atoms with E-state index in [9.17, 15) is 24.5 Å². The number of carbonyl (C=O) groups excluding carboxylic acids is 3. The molecular formula is C25H20N4O7S. The minimum atomic E-state index is -0.835. The summed E-state index contributed by atoms with van der Waals surface area (Å²) < 4.78 is 10.4. The van der Waals surface area contributed by atoms with Crippen LogP contribution in [0.1, 0.15) is 36.1 Å². The number of ketones is 1. The number of non-ortho nitro benzene ring substituents is 1. The number of anilines is 2. The zero-order valence-electron chi connectivity index (χ0n) is 19.6. The summed E-state index contributed by atoms with van der Waals surface area (Å²) in [6.07, 6.45) is 0. The van der Waals surface area contributed by atoms with Crippen LogP contribution < -0.4 is 15.8 Å². The minimum absolute atomic E-state index is 0.0373. The van der Waals surface area contributed by atoms with Crippen LogP contribution in [-0.2, 0) is 4.74 Å². The van der Waals surface area contributed by atoms with Crippen LogP contribution in [0.15, 0.2) is 54.6 Å². The van der Waals surface area contributed by atoms with Gasteiger partial charge >= 0.3 is 5.97 Å². The fraction of sp³-hybridized carbons (Fsp3) is 0.120. The number of hydrogen-bond donors (Lipinski definition) is 2. The average molecular weight is 521 g/mol. The summed E-state index contributed by atoms with van der Waals surface area (Å²) in [4.78, 5) is 53.5. The van der Waals surface area contributed by atoms with Crippen molar-refractivity contribution in [3.8, 4) is 5.75 Å². The van der Waals surface area contributed by atoms with Crippen LogP contribution in [0.25, 0.3) is 10.2 Å². The molecule has 2 heterocycles. The number of rotatable bonds is 8. The maximum absolute atomic E-state index is 13.0. The highest BCUT2D eigenvalue weighted by atomic mass is 32.1. The number of methoxy groups -OCH3 is 1. The Labute approximate surface area is 214 Å². The van der Waals surface area contributed by atoms with Gasteiger partial charge in [-0.2, -0.15) is 0 Å². The molecule has 0 spiro atoms. The standard InChI is InChI=1S/C25H20N4O7S/c1-13-6-8-17-21(26)22(37-24(17)27-13)23(31)28-18-11-15(7-9-20(18)35-2)25(32)36-12-19(30)14-4-3-5-16(10-14)29(33)34/h3-11H,12,26H2,1-2H3,(H,28,31). The number of nitrogens with two attached hydrogens (primary N) is 1. The number of aryl methyl sites for hydroxylation is 1. The number of amides is 1. The number of aromatic nitrogens is 1. The largest absolute Gasteiger partial charge is 0.495 e. The highest BCUT2D eigenvalue weighted by molar-refractivity contribution is 7.21. The third-order valence-electron chi connectivity index (χ3n) is 5.34. The normalized spacial score (nSPS) is 10.6. The lowest BCUT2D eigenvalue weighted by molar-refractivity contribution is -0.384. The lowest BCUT2D eigenvalue weighted by Gasteiger charge is -2.12. The second-order valence-corrected chi connectivity index (χ2v) is 8.83. The lowest BCUT2D eigenvalue weighted by Crippen LogP contribution is -2.16. The van der Waals surface area contributed by atoms with E-state index in [0.717, 1.165) is 23.1 Å². The summed E-state index contributed by atoms with van der Waals surface area (Å²) in [6, 6.07) is 12.9. The molecule has 0 aliphatic carbocycles. The molecule has 0 fully saturated rings. The van der Waals surface area contributed by atoms with Crippen molar-refractivity contribution < 1.29 is 28.8 Å². The van der Waals surface area contributed by atoms with Gasteiger partial charge in [-0.3, -0.25) is 19.7 Å². The van der Waals surface area contributed by atoms with Gasteiger partial charge in [0.1, 0.15) is 15.5 Å². The van der Waals surface area contributed by atoms with E-state index in [2.05, 4.69) is 10.3 Å². The summed E-state index contributed by atoms with van der Waals surface area (Å²) in [5.41, 5.74) is 7.27. The first-order valence-corrected chi connectivity index (χ1v) is 11.6. The predicted octanol–water partition coefficient (Wildman–Crippen LogP) is 4.40. The number of ether oxygens (including phenoxy) is 2. The molecule has 0 aliphatic heterocycles. The molecule has 0 saturated heterocycles. The van der Waals surface area contributed by atoms with Crippen molar-refractivity contribution in [3.05, 3.63) is 86.4 Å². The number of fused-ring (bicyclic) bond motifs is 1. The van der Waals surface area contributed by atoms with Crippen molar-refractivity contribution in [2.75, 3.05) is 24.8 Å². The number of thiophene rings is 1. The molecule has 0 unspecified atom stereocenters. The Balaban J connectivity index is 1.50. The summed E-state index contributed by atoms with van der Waals surface area (Å²) in [7, 11) is 1.40. The van der Waals surface area contributed by atoms with Crippen LogP contribution in [-0.4, -0.2) is 41.3 Å². The molecule has 11 nitrogen and oxygen atoms in total. The molecule has 0 radical (unpaired) electrons. The zero-order chi connectivity index (χ0) is 26.7. The highest BCUT2D eigenvalue weighted by Gasteiger charge is 2.21. The summed E-state index contributed by atoms with van der Waals surface area (Å²) in [5.74, 6) is -1.67. The maximum atomic E-state index is 13.0. The van der Waals surface area contributed by atoms with Gasteiger partial charge in [-0.1, -0.05) is 12.1 Å². The Morgan fingerprint density at radius 2 is 1.89 bits per heavy atom. The Morgan fingerprint density at radius 1 is 1.11 bits per heavy atom. The monoisotopic (exact) mass is 520 g/mol. The van der Waals surface area contributed by atoms with E-state index in [4.69, 9.17) is 15.2 Å². The van der Waals surface area contributed by atoms with Crippen molar-refractivity contribution in [2.24, 2.45) is 0 Å². The van der Waals surface area contributed by atoms with Crippen LogP contribution >= 0.6 is 11.3 Å². The van der Waals surface area contributed by atoms with Crippen LogP contribution in [0.5, 0.6) is 5.75 Å². The third-order valence-corrected chi connectivity index (χ3v) is 6.45. The minimum Gasteiger partial charge on any atom is -0.495 e. The van der Waals surface area contributed by atoms with E-state index >= 15 is 0 Å². The number of Topliss-reactive ketones (excluding diaryl/α,β-unsaturated/α-hetero) is 1. The molecule has 0 bridgehead atoms. The topological polar surface area (TPSA) is 164 Å². The zero-order valence-corrected chi connectivity index (χ0v) is 20.5. The maximum Gasteiger partial charge on any atom is 0.338 e. The van der Waals surface area contributed by atoms with E-state index in [0.29, 0.717) is 15.9 Å². The van der Waals surface area contributed by atoms with E-state index in [1.807, 2.05) is 6.92 Å². The number of nitrogens with zero attached hydrogens (tertiary/aromatic N) is 2. The van der Waals surface area contributed by atoms with Gasteiger partial charge in [-0.05, 0) is 37.3 Å². The van der Waals surface area contributed by atoms with Gasteiger partial charge in [0, 0.05) is 28.8 Å². The van der Waals surface area contributed by atoms with E-state index in [1.54, 1.807) is 12.1 Å². The molecule has 1 amide bonds. The first-order chi connectivity index (χ1) is 17.7. The van der Waals surface area contributed by atoms with E-state index in [1.165, 1.54) is 43.5 Å². The highest BCUT2D eigenvalue weighted by Crippen LogP contribution is 2.34. The number of nitrogen functional groups attached to an aromatic ring is 1. The Bertz CT molecular complexity index is 1560. The van der Waals surface area contributed by atoms with Gasteiger partial charge < -0.3 is 20.5 Å². The predicted molar refractivity (Wildman–Crippen MR) is 137 cm³/mol. The molecule has 12 heteroatoms. The van der Waals surface area contributed by atoms with Gasteiger partial charge in [0.2, 0.25) is 5.78 Å². The molecule has 0 atom stereocenters. The molecular weight excluding hydrogens is 500 g/mol. The number of nitro groups is 1. The number of carbonyl (C=O) groups is 3. The van der Waals surface area contributed by atoms with Crippen LogP contribution in [0.4, 0.5) is 17.1 Å². The molecule has 2 aromatic heterocycles. The first-order valence-electron chi connectivity index (χ1n) is 10.8. The Kier molecular flexibility index (Phi) is 7.11. The van der Waals surface area contributed by atoms with Crippen molar-refractivity contribution in [2.45, 2.75) is 6.92 Å². The molecule has 37 heavy (non-hydrogen) atoms. The molecule has 2 aromatic carbocycles. The van der Waals surface area contributed by atoms with Crippen LogP contribution in [0.2, 0.25) is 0 Å². The first kappa shape index (κ1) is 25.3. The lowest BCUT2D eigenvalue weighted by atomic mass is 10.1. The van der Waals surface area contributed by atoms with E-state index < -0.39 is 29.2 Å². The van der Waals surface area contributed by atoms with Crippen molar-refractivity contribution in [3.63, 3.8) is 0 Å². The fourth-order valence-corrected chi connectivity index (χ4v) is 4.50. The second-order valence-electron chi connectivity index (χ2n) is 7.83. The SMILES string of the molecule is COc1ccc(C(=O)OCC(=O)c2cccc([N+](=O)[O-])c2)cc1NC(=O)c1sc2nc(C)ccc2c1N. The number of nitrogens with one attached hydrogen (secondary N) is 1. The van der Waals surface area contributed by atoms with Gasteiger partial charge in [-0.25, -0.2) is 9.78 Å². The number of benzene rings is 2. The number of esters is 1. The fourth-order valence-electron chi connectivity index (χ4n) is 3.46. The van der Waals surface area contributed by atoms with Crippen molar-refractivity contribution >= 4 is 56.3 Å². The van der Waals surface area contributed by atoms with Gasteiger partial charge in [-0.15, -0.1) is 11.3 Å². The summed E-state index contributed by atoms with van der Waals surface area (Å²) >= 11 is 1.14. The summed E-state index contributed by atoms with van der Waals surface area (Å²) in [6.45, 7) is 1.21. The third kappa shape index (κ3) is 5.38. The van der Waals surface area contributed by atoms with E-state index in [-0.39, 0.29) is 33.1 Å². The molecule has 0 aliphatic rings. The number of nitro benzene ring substituents is 1.